The first-order chi connectivity index (χ1) is 12.6. The monoisotopic (exact) mass is 395 g/mol. The molecule has 2 aromatic rings. The summed E-state index contributed by atoms with van der Waals surface area (Å²) in [5.41, 5.74) is 0.832. The van der Waals surface area contributed by atoms with Gasteiger partial charge >= 0.3 is 5.97 Å². The number of methoxy groups -OCH3 is 1. The zero-order chi connectivity index (χ0) is 19.4. The first-order valence-electron chi connectivity index (χ1n) is 8.07. The Labute approximate surface area is 163 Å². The summed E-state index contributed by atoms with van der Waals surface area (Å²) in [5, 5.41) is 0.117. The molecule has 0 unspecified atom stereocenters. The highest BCUT2D eigenvalue weighted by Gasteiger charge is 2.11. The van der Waals surface area contributed by atoms with E-state index in [9.17, 15) is 9.18 Å². The van der Waals surface area contributed by atoms with Crippen LogP contribution in [0.4, 0.5) is 4.39 Å². The van der Waals surface area contributed by atoms with E-state index in [1.54, 1.807) is 18.0 Å². The molecule has 140 valence electrons. The van der Waals surface area contributed by atoms with Crippen molar-refractivity contribution in [3.63, 3.8) is 0 Å². The third-order valence-corrected chi connectivity index (χ3v) is 4.70. The normalized spacial score (nSPS) is 10.2. The molecule has 0 aliphatic rings. The summed E-state index contributed by atoms with van der Waals surface area (Å²) >= 11 is 7.31. The molecule has 0 saturated heterocycles. The number of ether oxygens (including phenoxy) is 1. The van der Waals surface area contributed by atoms with Crippen molar-refractivity contribution in [3.05, 3.63) is 78.1 Å². The summed E-state index contributed by atoms with van der Waals surface area (Å²) in [6.45, 7) is 7.23. The minimum Gasteiger partial charge on any atom is -0.469 e. The van der Waals surface area contributed by atoms with Gasteiger partial charge in [-0.05, 0) is 48.2 Å². The predicted molar refractivity (Wildman–Crippen MR) is 107 cm³/mol. The molecule has 0 atom stereocenters. The van der Waals surface area contributed by atoms with Crippen LogP contribution in [-0.2, 0) is 16.1 Å². The van der Waals surface area contributed by atoms with Gasteiger partial charge in [0.15, 0.2) is 0 Å². The van der Waals surface area contributed by atoms with E-state index in [1.165, 1.54) is 13.2 Å². The van der Waals surface area contributed by atoms with E-state index in [2.05, 4.69) is 22.2 Å². The molecule has 0 heterocycles. The maximum Gasteiger partial charge on any atom is 0.305 e. The van der Waals surface area contributed by atoms with Crippen LogP contribution in [0.15, 0.2) is 66.6 Å². The maximum atomic E-state index is 13.6. The van der Waals surface area contributed by atoms with E-state index in [4.69, 9.17) is 11.6 Å². The number of carbonyl (C=O) groups is 1. The van der Waals surface area contributed by atoms with Crippen LogP contribution in [0, 0.1) is 5.82 Å². The number of halogens is 2. The number of rotatable bonds is 8. The van der Waals surface area contributed by atoms with Crippen molar-refractivity contribution in [1.82, 2.24) is 4.31 Å². The van der Waals surface area contributed by atoms with Crippen molar-refractivity contribution in [3.8, 4) is 0 Å². The fourth-order valence-electron chi connectivity index (χ4n) is 2.13. The maximum absolute atomic E-state index is 13.6. The van der Waals surface area contributed by atoms with Crippen molar-refractivity contribution < 1.29 is 13.9 Å². The largest absolute Gasteiger partial charge is 0.469 e. The molecule has 0 spiro atoms. The lowest BCUT2D eigenvalue weighted by Gasteiger charge is -2.21. The third-order valence-electron chi connectivity index (χ3n) is 3.34. The van der Waals surface area contributed by atoms with E-state index in [0.29, 0.717) is 25.9 Å². The second kappa shape index (κ2) is 12.5. The first kappa shape index (κ1) is 22.2. The Morgan fingerprint density at radius 3 is 2.54 bits per heavy atom. The van der Waals surface area contributed by atoms with Gasteiger partial charge in [-0.25, -0.2) is 8.70 Å². The summed E-state index contributed by atoms with van der Waals surface area (Å²) in [4.78, 5) is 12.4. The van der Waals surface area contributed by atoms with Crippen molar-refractivity contribution in [2.45, 2.75) is 24.3 Å². The molecule has 3 nitrogen and oxygen atoms in total. The smallest absolute Gasteiger partial charge is 0.305 e. The van der Waals surface area contributed by atoms with Crippen molar-refractivity contribution in [2.75, 3.05) is 13.7 Å². The van der Waals surface area contributed by atoms with E-state index < -0.39 is 5.82 Å². The Morgan fingerprint density at radius 2 is 1.92 bits per heavy atom. The topological polar surface area (TPSA) is 29.5 Å². The number of hydrogen-bond acceptors (Lipinski definition) is 4. The summed E-state index contributed by atoms with van der Waals surface area (Å²) in [7, 11) is 1.38. The van der Waals surface area contributed by atoms with E-state index in [-0.39, 0.29) is 11.0 Å². The molecule has 0 aromatic heterocycles. The lowest BCUT2D eigenvalue weighted by molar-refractivity contribution is -0.140. The molecule has 0 radical (unpaired) electrons. The fraction of sp³-hybridized carbons (Fsp3) is 0.250. The SMILES string of the molecule is C=C.COC(=O)CCCN(Cc1ccc(Cl)c(F)c1)Sc1ccccc1. The van der Waals surface area contributed by atoms with Gasteiger partial charge in [-0.2, -0.15) is 0 Å². The van der Waals surface area contributed by atoms with Crippen LogP contribution in [0.3, 0.4) is 0 Å². The van der Waals surface area contributed by atoms with Crippen LogP contribution in [0.1, 0.15) is 18.4 Å². The summed E-state index contributed by atoms with van der Waals surface area (Å²) < 4.78 is 20.4. The van der Waals surface area contributed by atoms with Crippen molar-refractivity contribution in [1.29, 1.82) is 0 Å². The van der Waals surface area contributed by atoms with Gasteiger partial charge in [0.25, 0.3) is 0 Å². The van der Waals surface area contributed by atoms with Crippen LogP contribution < -0.4 is 0 Å². The highest BCUT2D eigenvalue weighted by Crippen LogP contribution is 2.26. The molecule has 0 amide bonds. The molecule has 0 saturated carbocycles. The molecule has 0 N–H and O–H groups in total. The molecule has 0 fully saturated rings. The van der Waals surface area contributed by atoms with Gasteiger partial charge in [-0.15, -0.1) is 13.2 Å². The van der Waals surface area contributed by atoms with Crippen molar-refractivity contribution in [2.24, 2.45) is 0 Å². The Bertz CT molecular complexity index is 685. The third kappa shape index (κ3) is 8.04. The van der Waals surface area contributed by atoms with Gasteiger partial charge in [0.2, 0.25) is 0 Å². The van der Waals surface area contributed by atoms with Crippen LogP contribution >= 0.6 is 23.5 Å². The summed E-state index contributed by atoms with van der Waals surface area (Å²) in [6, 6.07) is 14.7. The number of esters is 1. The zero-order valence-corrected chi connectivity index (χ0v) is 16.4. The molecule has 6 heteroatoms. The molecular formula is C20H23ClFNO2S. The van der Waals surface area contributed by atoms with Crippen LogP contribution in [0.2, 0.25) is 5.02 Å². The quantitative estimate of drug-likeness (QED) is 0.323. The summed E-state index contributed by atoms with van der Waals surface area (Å²) in [6.07, 6.45) is 1.03. The van der Waals surface area contributed by atoms with Crippen LogP contribution in [0.25, 0.3) is 0 Å². The standard InChI is InChI=1S/C18H19ClFNO2S.C2H4/c1-23-18(22)8-5-11-21(24-15-6-3-2-4-7-15)13-14-9-10-16(19)17(20)12-14;1-2/h2-4,6-7,9-10,12H,5,8,11,13H2,1H3;1-2H2. The number of benzene rings is 2. The van der Waals surface area contributed by atoms with Gasteiger partial charge in [0.05, 0.1) is 12.1 Å². The highest BCUT2D eigenvalue weighted by atomic mass is 35.5. The molecular weight excluding hydrogens is 373 g/mol. The van der Waals surface area contributed by atoms with Crippen molar-refractivity contribution >= 4 is 29.5 Å². The Morgan fingerprint density at radius 1 is 1.23 bits per heavy atom. The Kier molecular flexibility index (Phi) is 10.7. The average Bonchev–Trinajstić information content (AvgIpc) is 2.67. The van der Waals surface area contributed by atoms with Gasteiger partial charge < -0.3 is 4.74 Å². The molecule has 2 aromatic carbocycles. The molecule has 0 aliphatic carbocycles. The van der Waals surface area contributed by atoms with E-state index >= 15 is 0 Å². The number of carbonyl (C=O) groups excluding carboxylic acids is 1. The lowest BCUT2D eigenvalue weighted by atomic mass is 10.2. The second-order valence-corrected chi connectivity index (χ2v) is 6.77. The highest BCUT2D eigenvalue weighted by molar-refractivity contribution is 7.97. The summed E-state index contributed by atoms with van der Waals surface area (Å²) in [5.74, 6) is -0.648. The Balaban J connectivity index is 0.00000163. The minimum atomic E-state index is -0.423. The number of nitrogens with zero attached hydrogens (tertiary/aromatic N) is 1. The minimum absolute atomic E-state index is 0.117. The molecule has 2 rings (SSSR count). The van der Waals surface area contributed by atoms with E-state index in [0.717, 1.165) is 10.5 Å². The van der Waals surface area contributed by atoms with Gasteiger partial charge in [-0.3, -0.25) is 4.79 Å². The number of hydrogen-bond donors (Lipinski definition) is 0. The van der Waals surface area contributed by atoms with Gasteiger partial charge in [0, 0.05) is 24.4 Å². The average molecular weight is 396 g/mol. The first-order valence-corrected chi connectivity index (χ1v) is 9.22. The lowest BCUT2D eigenvalue weighted by Crippen LogP contribution is -2.18. The van der Waals surface area contributed by atoms with Gasteiger partial charge in [-0.1, -0.05) is 35.9 Å². The predicted octanol–water partition coefficient (Wildman–Crippen LogP) is 5.74. The van der Waals surface area contributed by atoms with E-state index in [1.807, 2.05) is 36.4 Å². The second-order valence-electron chi connectivity index (χ2n) is 5.20. The molecule has 26 heavy (non-hydrogen) atoms. The van der Waals surface area contributed by atoms with Crippen LogP contribution in [0.5, 0.6) is 0 Å². The molecule has 0 aliphatic heterocycles. The fourth-order valence-corrected chi connectivity index (χ4v) is 3.26. The van der Waals surface area contributed by atoms with Crippen LogP contribution in [-0.4, -0.2) is 23.9 Å². The molecule has 0 bridgehead atoms. The Hall–Kier alpha value is -1.82. The zero-order valence-electron chi connectivity index (χ0n) is 14.8. The van der Waals surface area contributed by atoms with Gasteiger partial charge in [0.1, 0.15) is 5.82 Å².